The van der Waals surface area contributed by atoms with Gasteiger partial charge in [-0.3, -0.25) is 9.89 Å². The van der Waals surface area contributed by atoms with Crippen LogP contribution in [0.4, 0.5) is 0 Å². The molecule has 0 aliphatic carbocycles. The van der Waals surface area contributed by atoms with Crippen LogP contribution < -0.4 is 0 Å². The molecule has 0 spiro atoms. The van der Waals surface area contributed by atoms with Crippen molar-refractivity contribution in [3.8, 4) is 17.0 Å². The number of aromatic amines is 1. The molecule has 1 atom stereocenters. The van der Waals surface area contributed by atoms with E-state index in [0.29, 0.717) is 30.1 Å². The zero-order chi connectivity index (χ0) is 21.5. The quantitative estimate of drug-likeness (QED) is 0.664. The number of hydrogen-bond acceptors (Lipinski definition) is 4. The number of phenols is 1. The summed E-state index contributed by atoms with van der Waals surface area (Å²) in [5, 5.41) is 17.7. The standard InChI is InChI=1S/C24H27N3O3/c1-24(2,3)16-11-9-15(10-12-16)22-19-20(17-7-5-6-8-18(17)28)25-26-21(19)23(29)27(22)13-14-30-4/h5-12,22,28H,13-14H2,1-4H3,(H,25,26). The Morgan fingerprint density at radius 1 is 1.13 bits per heavy atom. The molecule has 2 N–H and O–H groups in total. The average molecular weight is 405 g/mol. The summed E-state index contributed by atoms with van der Waals surface area (Å²) in [6, 6.07) is 15.1. The maximum Gasteiger partial charge on any atom is 0.273 e. The van der Waals surface area contributed by atoms with E-state index in [9.17, 15) is 9.90 Å². The van der Waals surface area contributed by atoms with Crippen LogP contribution in [0.15, 0.2) is 48.5 Å². The summed E-state index contributed by atoms with van der Waals surface area (Å²) in [6.07, 6.45) is 0. The molecule has 2 heterocycles. The molecule has 1 aliphatic heterocycles. The minimum absolute atomic E-state index is 0.0432. The van der Waals surface area contributed by atoms with Crippen molar-refractivity contribution in [3.05, 3.63) is 70.9 Å². The molecule has 4 rings (SSSR count). The number of carbonyl (C=O) groups excluding carboxylic acids is 1. The number of benzene rings is 2. The largest absolute Gasteiger partial charge is 0.507 e. The maximum atomic E-state index is 13.2. The van der Waals surface area contributed by atoms with Crippen LogP contribution in [-0.2, 0) is 10.2 Å². The second kappa shape index (κ2) is 7.61. The molecule has 0 bridgehead atoms. The van der Waals surface area contributed by atoms with E-state index in [4.69, 9.17) is 4.74 Å². The second-order valence-corrected chi connectivity index (χ2v) is 8.64. The lowest BCUT2D eigenvalue weighted by Crippen LogP contribution is -2.32. The van der Waals surface area contributed by atoms with E-state index >= 15 is 0 Å². The van der Waals surface area contributed by atoms with Gasteiger partial charge in [-0.2, -0.15) is 5.10 Å². The molecule has 0 fully saturated rings. The van der Waals surface area contributed by atoms with Gasteiger partial charge in [-0.05, 0) is 28.7 Å². The third kappa shape index (κ3) is 3.37. The Balaban J connectivity index is 1.85. The van der Waals surface area contributed by atoms with E-state index in [1.165, 1.54) is 5.56 Å². The van der Waals surface area contributed by atoms with Gasteiger partial charge >= 0.3 is 0 Å². The molecule has 6 heteroatoms. The minimum Gasteiger partial charge on any atom is -0.507 e. The van der Waals surface area contributed by atoms with Gasteiger partial charge in [-0.25, -0.2) is 0 Å². The van der Waals surface area contributed by atoms with E-state index in [1.54, 1.807) is 19.2 Å². The van der Waals surface area contributed by atoms with E-state index in [2.05, 4.69) is 55.2 Å². The molecule has 2 aromatic carbocycles. The normalized spacial score (nSPS) is 16.2. The Morgan fingerprint density at radius 3 is 2.47 bits per heavy atom. The lowest BCUT2D eigenvalue weighted by Gasteiger charge is -2.27. The summed E-state index contributed by atoms with van der Waals surface area (Å²) in [4.78, 5) is 15.0. The number of fused-ring (bicyclic) bond motifs is 1. The number of para-hydroxylation sites is 1. The molecule has 6 nitrogen and oxygen atoms in total. The Hall–Kier alpha value is -3.12. The average Bonchev–Trinajstić information content (AvgIpc) is 3.25. The highest BCUT2D eigenvalue weighted by Crippen LogP contribution is 2.44. The highest BCUT2D eigenvalue weighted by Gasteiger charge is 2.42. The SMILES string of the molecule is COCCN1C(=O)c2[nH]nc(-c3ccccc3O)c2C1c1ccc(C(C)(C)C)cc1. The number of H-pyrrole nitrogens is 1. The summed E-state index contributed by atoms with van der Waals surface area (Å²) in [6.45, 7) is 7.43. The molecule has 0 saturated heterocycles. The van der Waals surface area contributed by atoms with Crippen molar-refractivity contribution in [3.63, 3.8) is 0 Å². The molecule has 1 aromatic heterocycles. The fourth-order valence-corrected chi connectivity index (χ4v) is 4.01. The van der Waals surface area contributed by atoms with Gasteiger partial charge < -0.3 is 14.7 Å². The van der Waals surface area contributed by atoms with E-state index in [0.717, 1.165) is 11.1 Å². The lowest BCUT2D eigenvalue weighted by molar-refractivity contribution is 0.0677. The van der Waals surface area contributed by atoms with Gasteiger partial charge in [0.1, 0.15) is 17.1 Å². The number of aromatic nitrogens is 2. The summed E-state index contributed by atoms with van der Waals surface area (Å²) >= 11 is 0. The number of rotatable bonds is 5. The Bertz CT molecular complexity index is 1060. The van der Waals surface area contributed by atoms with Gasteiger partial charge in [0.15, 0.2) is 0 Å². The monoisotopic (exact) mass is 405 g/mol. The number of amides is 1. The molecule has 3 aromatic rings. The van der Waals surface area contributed by atoms with E-state index < -0.39 is 0 Å². The first-order valence-electron chi connectivity index (χ1n) is 10.1. The second-order valence-electron chi connectivity index (χ2n) is 8.64. The van der Waals surface area contributed by atoms with Crippen molar-refractivity contribution in [2.75, 3.05) is 20.3 Å². The Morgan fingerprint density at radius 2 is 1.83 bits per heavy atom. The molecule has 156 valence electrons. The van der Waals surface area contributed by atoms with Crippen molar-refractivity contribution >= 4 is 5.91 Å². The molecule has 1 amide bonds. The third-order valence-electron chi connectivity index (χ3n) is 5.65. The molecule has 1 unspecified atom stereocenters. The molecule has 0 radical (unpaired) electrons. The maximum absolute atomic E-state index is 13.2. The topological polar surface area (TPSA) is 78.5 Å². The fraction of sp³-hybridized carbons (Fsp3) is 0.333. The van der Waals surface area contributed by atoms with Gasteiger partial charge in [-0.1, -0.05) is 57.2 Å². The van der Waals surface area contributed by atoms with Gasteiger partial charge in [-0.15, -0.1) is 0 Å². The van der Waals surface area contributed by atoms with Gasteiger partial charge in [0.25, 0.3) is 5.91 Å². The van der Waals surface area contributed by atoms with Gasteiger partial charge in [0.05, 0.1) is 12.6 Å². The number of hydrogen-bond donors (Lipinski definition) is 2. The van der Waals surface area contributed by atoms with E-state index in [1.807, 2.05) is 17.0 Å². The predicted octanol–water partition coefficient (Wildman–Crippen LogP) is 4.27. The third-order valence-corrected chi connectivity index (χ3v) is 5.65. The molecule has 0 saturated carbocycles. The molecular weight excluding hydrogens is 378 g/mol. The van der Waals surface area contributed by atoms with Gasteiger partial charge in [0.2, 0.25) is 0 Å². The summed E-state index contributed by atoms with van der Waals surface area (Å²) in [5.74, 6) is 0.0255. The van der Waals surface area contributed by atoms with Crippen molar-refractivity contribution in [1.82, 2.24) is 15.1 Å². The van der Waals surface area contributed by atoms with Crippen LogP contribution in [0, 0.1) is 0 Å². The first-order chi connectivity index (χ1) is 14.3. The molecule has 1 aliphatic rings. The number of phenolic OH excluding ortho intramolecular Hbond substituents is 1. The first-order valence-corrected chi connectivity index (χ1v) is 10.1. The van der Waals surface area contributed by atoms with Crippen LogP contribution in [0.3, 0.4) is 0 Å². The summed E-state index contributed by atoms with van der Waals surface area (Å²) in [7, 11) is 1.63. The van der Waals surface area contributed by atoms with Gasteiger partial charge in [0, 0.05) is 24.8 Å². The number of aromatic hydroxyl groups is 1. The van der Waals surface area contributed by atoms with Crippen molar-refractivity contribution in [1.29, 1.82) is 0 Å². The van der Waals surface area contributed by atoms with Crippen LogP contribution >= 0.6 is 0 Å². The number of ether oxygens (including phenoxy) is 1. The van der Waals surface area contributed by atoms with E-state index in [-0.39, 0.29) is 23.1 Å². The lowest BCUT2D eigenvalue weighted by atomic mass is 9.85. The Kier molecular flexibility index (Phi) is 5.12. The van der Waals surface area contributed by atoms with Crippen LogP contribution in [0.25, 0.3) is 11.3 Å². The smallest absolute Gasteiger partial charge is 0.273 e. The minimum atomic E-state index is -0.301. The first kappa shape index (κ1) is 20.2. The van der Waals surface area contributed by atoms with Crippen LogP contribution in [0.5, 0.6) is 5.75 Å². The summed E-state index contributed by atoms with van der Waals surface area (Å²) < 4.78 is 5.25. The summed E-state index contributed by atoms with van der Waals surface area (Å²) in [5.41, 5.74) is 4.74. The van der Waals surface area contributed by atoms with Crippen molar-refractivity contribution < 1.29 is 14.6 Å². The van der Waals surface area contributed by atoms with Crippen molar-refractivity contribution in [2.45, 2.75) is 32.2 Å². The Labute approximate surface area is 176 Å². The zero-order valence-electron chi connectivity index (χ0n) is 17.8. The van der Waals surface area contributed by atoms with Crippen LogP contribution in [0.2, 0.25) is 0 Å². The highest BCUT2D eigenvalue weighted by atomic mass is 16.5. The number of methoxy groups -OCH3 is 1. The molecule has 30 heavy (non-hydrogen) atoms. The predicted molar refractivity (Wildman–Crippen MR) is 116 cm³/mol. The number of carbonyl (C=O) groups is 1. The van der Waals surface area contributed by atoms with Crippen LogP contribution in [-0.4, -0.2) is 46.4 Å². The number of nitrogens with zero attached hydrogens (tertiary/aromatic N) is 2. The zero-order valence-corrected chi connectivity index (χ0v) is 17.8. The van der Waals surface area contributed by atoms with Crippen LogP contribution in [0.1, 0.15) is 54.0 Å². The highest BCUT2D eigenvalue weighted by molar-refractivity contribution is 6.00. The van der Waals surface area contributed by atoms with Crippen molar-refractivity contribution in [2.24, 2.45) is 0 Å². The molecular formula is C24H27N3O3. The number of nitrogens with one attached hydrogen (secondary N) is 1. The fourth-order valence-electron chi connectivity index (χ4n) is 4.01.